The van der Waals surface area contributed by atoms with E-state index in [0.717, 1.165) is 19.0 Å². The Labute approximate surface area is 165 Å². The van der Waals surface area contributed by atoms with E-state index in [1.807, 2.05) is 6.92 Å². The van der Waals surface area contributed by atoms with E-state index in [4.69, 9.17) is 5.73 Å². The Hall–Kier alpha value is -2.88. The third kappa shape index (κ3) is 3.71. The first kappa shape index (κ1) is 19.4. The third-order valence-corrected chi connectivity index (χ3v) is 5.34. The Kier molecular flexibility index (Phi) is 4.60. The van der Waals surface area contributed by atoms with E-state index in [9.17, 15) is 13.2 Å². The summed E-state index contributed by atoms with van der Waals surface area (Å²) in [7, 11) is 1.72. The number of hydrogen-bond acceptors (Lipinski definition) is 6. The number of H-pyrrole nitrogens is 1. The van der Waals surface area contributed by atoms with Crippen LogP contribution in [0.5, 0.6) is 0 Å². The van der Waals surface area contributed by atoms with Crippen LogP contribution in [0.3, 0.4) is 0 Å². The van der Waals surface area contributed by atoms with Gasteiger partial charge in [-0.15, -0.1) is 0 Å². The van der Waals surface area contributed by atoms with Crippen molar-refractivity contribution in [2.24, 2.45) is 5.73 Å². The Morgan fingerprint density at radius 2 is 2.07 bits per heavy atom. The molecule has 3 aromatic heterocycles. The quantitative estimate of drug-likeness (QED) is 0.527. The first-order valence-electron chi connectivity index (χ1n) is 9.33. The molecule has 1 saturated carbocycles. The molecule has 10 heteroatoms. The fraction of sp³-hybridized carbons (Fsp3) is 0.421. The molecule has 0 aliphatic heterocycles. The highest BCUT2D eigenvalue weighted by atomic mass is 19.4. The van der Waals surface area contributed by atoms with Crippen LogP contribution in [0.25, 0.3) is 22.3 Å². The van der Waals surface area contributed by atoms with Crippen molar-refractivity contribution in [1.29, 1.82) is 0 Å². The minimum atomic E-state index is -4.59. The number of fused-ring (bicyclic) bond motifs is 1. The number of anilines is 2. The van der Waals surface area contributed by atoms with Crippen molar-refractivity contribution in [2.45, 2.75) is 43.9 Å². The number of halogens is 3. The number of nitrogens with two attached hydrogens (primary N) is 1. The summed E-state index contributed by atoms with van der Waals surface area (Å²) in [5.41, 5.74) is 5.36. The molecule has 29 heavy (non-hydrogen) atoms. The highest BCUT2D eigenvalue weighted by molar-refractivity contribution is 5.94. The van der Waals surface area contributed by atoms with Gasteiger partial charge in [0.15, 0.2) is 0 Å². The first-order chi connectivity index (χ1) is 13.7. The molecular formula is C19H22F3N7. The van der Waals surface area contributed by atoms with E-state index in [2.05, 4.69) is 30.6 Å². The van der Waals surface area contributed by atoms with Gasteiger partial charge in [0.25, 0.3) is 0 Å². The highest BCUT2D eigenvalue weighted by Crippen LogP contribution is 2.39. The Morgan fingerprint density at radius 1 is 1.28 bits per heavy atom. The lowest BCUT2D eigenvalue weighted by molar-refractivity contribution is -0.137. The van der Waals surface area contributed by atoms with Crippen LogP contribution < -0.4 is 16.4 Å². The molecule has 4 rings (SSSR count). The average molecular weight is 405 g/mol. The normalized spacial score (nSPS) is 22.2. The Balaban J connectivity index is 1.80. The summed E-state index contributed by atoms with van der Waals surface area (Å²) < 4.78 is 41.0. The molecule has 3 heterocycles. The fourth-order valence-corrected chi connectivity index (χ4v) is 3.86. The van der Waals surface area contributed by atoms with Crippen LogP contribution in [-0.2, 0) is 6.18 Å². The molecule has 5 N–H and O–H groups in total. The predicted octanol–water partition coefficient (Wildman–Crippen LogP) is 3.76. The maximum Gasteiger partial charge on any atom is 0.419 e. The highest BCUT2D eigenvalue weighted by Gasteiger charge is 2.38. The van der Waals surface area contributed by atoms with Crippen molar-refractivity contribution in [3.05, 3.63) is 30.1 Å². The monoisotopic (exact) mass is 405 g/mol. The lowest BCUT2D eigenvalue weighted by Gasteiger charge is -2.26. The number of aromatic nitrogens is 4. The average Bonchev–Trinajstić information content (AvgIpc) is 3.22. The van der Waals surface area contributed by atoms with Crippen LogP contribution in [0.4, 0.5) is 24.9 Å². The summed E-state index contributed by atoms with van der Waals surface area (Å²) >= 11 is 0. The number of hydrogen-bond donors (Lipinski definition) is 4. The predicted molar refractivity (Wildman–Crippen MR) is 106 cm³/mol. The minimum Gasteiger partial charge on any atom is -0.373 e. The second-order valence-corrected chi connectivity index (χ2v) is 7.69. The van der Waals surface area contributed by atoms with Crippen LogP contribution >= 0.6 is 0 Å². The minimum absolute atomic E-state index is 0.0579. The maximum absolute atomic E-state index is 13.7. The first-order valence-corrected chi connectivity index (χ1v) is 9.33. The second kappa shape index (κ2) is 6.87. The van der Waals surface area contributed by atoms with Crippen molar-refractivity contribution in [1.82, 2.24) is 19.9 Å². The van der Waals surface area contributed by atoms with Crippen molar-refractivity contribution in [3.63, 3.8) is 0 Å². The number of aromatic amines is 1. The molecule has 1 aliphatic carbocycles. The number of rotatable bonds is 4. The standard InChI is InChI=1S/C19H22F3N7/c1-18(6-5-10(23)7-18)29-17-26-9-13(19(20,21)22)15(28-17)12-8-25-16-11(12)3-4-14(24-2)27-16/h3-4,8-10H,5-7,23H2,1-2H3,(H2,24,25,27)(H,26,28,29)/t10-,18-/m0/s1. The summed E-state index contributed by atoms with van der Waals surface area (Å²) in [5, 5.41) is 6.64. The number of nitrogens with one attached hydrogen (secondary N) is 3. The molecule has 0 unspecified atom stereocenters. The second-order valence-electron chi connectivity index (χ2n) is 7.69. The van der Waals surface area contributed by atoms with Crippen molar-refractivity contribution in [3.8, 4) is 11.3 Å². The lowest BCUT2D eigenvalue weighted by atomic mass is 10.0. The van der Waals surface area contributed by atoms with Gasteiger partial charge < -0.3 is 21.4 Å². The number of nitrogens with zero attached hydrogens (tertiary/aromatic N) is 3. The van der Waals surface area contributed by atoms with Gasteiger partial charge in [0.05, 0.1) is 5.69 Å². The van der Waals surface area contributed by atoms with E-state index in [1.165, 1.54) is 6.20 Å². The van der Waals surface area contributed by atoms with Crippen molar-refractivity contribution >= 4 is 22.8 Å². The smallest absolute Gasteiger partial charge is 0.373 e. The number of alkyl halides is 3. The van der Waals surface area contributed by atoms with Gasteiger partial charge >= 0.3 is 6.18 Å². The number of pyridine rings is 1. The molecule has 7 nitrogen and oxygen atoms in total. The summed E-state index contributed by atoms with van der Waals surface area (Å²) in [6, 6.07) is 3.48. The molecule has 0 radical (unpaired) electrons. The van der Waals surface area contributed by atoms with Gasteiger partial charge in [-0.3, -0.25) is 0 Å². The zero-order valence-corrected chi connectivity index (χ0v) is 16.1. The van der Waals surface area contributed by atoms with Crippen LogP contribution in [0.15, 0.2) is 24.5 Å². The van der Waals surface area contributed by atoms with Crippen molar-refractivity contribution in [2.75, 3.05) is 17.7 Å². The van der Waals surface area contributed by atoms with Gasteiger partial charge in [0, 0.05) is 42.0 Å². The molecule has 0 amide bonds. The van der Waals surface area contributed by atoms with Crippen molar-refractivity contribution < 1.29 is 13.2 Å². The van der Waals surface area contributed by atoms with Gasteiger partial charge in [-0.05, 0) is 38.3 Å². The SMILES string of the molecule is CNc1ccc2c(-c3nc(N[C@@]4(C)CC[C@H](N)C4)ncc3C(F)(F)F)c[nH]c2n1. The van der Waals surface area contributed by atoms with E-state index < -0.39 is 11.7 Å². The topological polar surface area (TPSA) is 105 Å². The van der Waals surface area contributed by atoms with Gasteiger partial charge in [-0.1, -0.05) is 0 Å². The Bertz CT molecular complexity index is 1050. The van der Waals surface area contributed by atoms with Gasteiger partial charge in [-0.25, -0.2) is 15.0 Å². The third-order valence-electron chi connectivity index (χ3n) is 5.34. The Morgan fingerprint density at radius 3 is 2.72 bits per heavy atom. The summed E-state index contributed by atoms with van der Waals surface area (Å²) in [6.45, 7) is 1.98. The largest absolute Gasteiger partial charge is 0.419 e. The van der Waals surface area contributed by atoms with Gasteiger partial charge in [0.1, 0.15) is 17.0 Å². The summed E-state index contributed by atoms with van der Waals surface area (Å²) in [6.07, 6.45) is 0.0886. The molecule has 0 saturated heterocycles. The molecule has 0 bridgehead atoms. The van der Waals surface area contributed by atoms with E-state index in [-0.39, 0.29) is 23.2 Å². The van der Waals surface area contributed by atoms with Crippen LogP contribution in [0, 0.1) is 0 Å². The molecule has 2 atom stereocenters. The lowest BCUT2D eigenvalue weighted by Crippen LogP contribution is -2.34. The van der Waals surface area contributed by atoms with Gasteiger partial charge in [0.2, 0.25) is 5.95 Å². The summed E-state index contributed by atoms with van der Waals surface area (Å²) in [4.78, 5) is 15.5. The maximum atomic E-state index is 13.7. The van der Waals surface area contributed by atoms with Crippen LogP contribution in [0.2, 0.25) is 0 Å². The van der Waals surface area contributed by atoms with Gasteiger partial charge in [-0.2, -0.15) is 13.2 Å². The molecule has 0 spiro atoms. The van der Waals surface area contributed by atoms with E-state index >= 15 is 0 Å². The van der Waals surface area contributed by atoms with Crippen LogP contribution in [-0.4, -0.2) is 38.6 Å². The molecule has 0 aromatic carbocycles. The molecule has 1 fully saturated rings. The molecule has 154 valence electrons. The van der Waals surface area contributed by atoms with E-state index in [1.54, 1.807) is 19.2 Å². The summed E-state index contributed by atoms with van der Waals surface area (Å²) in [5.74, 6) is 0.760. The molecule has 3 aromatic rings. The fourth-order valence-electron chi connectivity index (χ4n) is 3.86. The van der Waals surface area contributed by atoms with E-state index in [0.29, 0.717) is 28.8 Å². The van der Waals surface area contributed by atoms with Crippen LogP contribution in [0.1, 0.15) is 31.7 Å². The molecule has 1 aliphatic rings. The zero-order valence-electron chi connectivity index (χ0n) is 16.1. The zero-order chi connectivity index (χ0) is 20.8. The molecular weight excluding hydrogens is 383 g/mol.